The molecule has 2 rings (SSSR count). The Morgan fingerprint density at radius 3 is 2.62 bits per heavy atom. The second-order valence-corrected chi connectivity index (χ2v) is 5.82. The first kappa shape index (κ1) is 17.7. The molecule has 1 atom stereocenters. The molecule has 8 heteroatoms. The molecule has 1 N–H and O–H groups in total. The van der Waals surface area contributed by atoms with Crippen LogP contribution in [0, 0.1) is 23.0 Å². The summed E-state index contributed by atoms with van der Waals surface area (Å²) >= 11 is 0.987. The standard InChI is InChI=1S/C16H13F2N3O2S/c1-9(22)20-6-5-14(23)10(7-19)16-21-13(8-24-16)15-11(17)3-2-4-12(15)18/h2-4,8,10H,5-6H2,1H3,(H,20,22). The molecule has 0 aliphatic heterocycles. The molecule has 0 saturated heterocycles. The first-order chi connectivity index (χ1) is 11.4. The number of rotatable bonds is 6. The smallest absolute Gasteiger partial charge is 0.216 e. The molecule has 1 aromatic carbocycles. The summed E-state index contributed by atoms with van der Waals surface area (Å²) in [6.45, 7) is 1.44. The summed E-state index contributed by atoms with van der Waals surface area (Å²) in [7, 11) is 0. The van der Waals surface area contributed by atoms with Gasteiger partial charge in [-0.3, -0.25) is 9.59 Å². The fourth-order valence-corrected chi connectivity index (χ4v) is 2.92. The number of halogens is 2. The molecule has 1 aromatic heterocycles. The normalized spacial score (nSPS) is 11.6. The van der Waals surface area contributed by atoms with Crippen molar-refractivity contribution in [2.45, 2.75) is 19.3 Å². The van der Waals surface area contributed by atoms with E-state index in [1.54, 1.807) is 0 Å². The Morgan fingerprint density at radius 2 is 2.04 bits per heavy atom. The lowest BCUT2D eigenvalue weighted by molar-refractivity contribution is -0.120. The summed E-state index contributed by atoms with van der Waals surface area (Å²) in [5.41, 5.74) is -0.247. The Labute approximate surface area is 140 Å². The quantitative estimate of drug-likeness (QED) is 0.869. The van der Waals surface area contributed by atoms with Crippen LogP contribution in [0.2, 0.25) is 0 Å². The van der Waals surface area contributed by atoms with Crippen molar-refractivity contribution in [2.24, 2.45) is 0 Å². The highest BCUT2D eigenvalue weighted by atomic mass is 32.1. The first-order valence-corrected chi connectivity index (χ1v) is 7.88. The molecule has 24 heavy (non-hydrogen) atoms. The zero-order valence-corrected chi connectivity index (χ0v) is 13.5. The van der Waals surface area contributed by atoms with E-state index in [9.17, 15) is 23.6 Å². The maximum absolute atomic E-state index is 13.8. The Balaban J connectivity index is 2.20. The van der Waals surface area contributed by atoms with Crippen LogP contribution < -0.4 is 5.32 Å². The van der Waals surface area contributed by atoms with E-state index in [0.717, 1.165) is 23.5 Å². The van der Waals surface area contributed by atoms with Crippen LogP contribution in [0.5, 0.6) is 0 Å². The molecule has 2 aromatic rings. The number of aromatic nitrogens is 1. The minimum Gasteiger partial charge on any atom is -0.356 e. The average Bonchev–Trinajstić information content (AvgIpc) is 2.96. The summed E-state index contributed by atoms with van der Waals surface area (Å²) in [6.07, 6.45) is -0.0270. The fraction of sp³-hybridized carbons (Fsp3) is 0.250. The van der Waals surface area contributed by atoms with Gasteiger partial charge in [0.2, 0.25) is 5.91 Å². The van der Waals surface area contributed by atoms with Gasteiger partial charge in [-0.15, -0.1) is 11.3 Å². The molecule has 5 nitrogen and oxygen atoms in total. The lowest BCUT2D eigenvalue weighted by Gasteiger charge is -2.05. The van der Waals surface area contributed by atoms with Crippen LogP contribution in [0.3, 0.4) is 0 Å². The maximum atomic E-state index is 13.8. The van der Waals surface area contributed by atoms with Gasteiger partial charge in [-0.2, -0.15) is 5.26 Å². The number of benzene rings is 1. The molecular weight excluding hydrogens is 336 g/mol. The molecule has 124 valence electrons. The molecular formula is C16H13F2N3O2S. The number of nitrogens with one attached hydrogen (secondary N) is 1. The minimum absolute atomic E-state index is 0.0270. The number of carbonyl (C=O) groups is 2. The third-order valence-electron chi connectivity index (χ3n) is 3.18. The predicted molar refractivity (Wildman–Crippen MR) is 84.1 cm³/mol. The van der Waals surface area contributed by atoms with Gasteiger partial charge in [0, 0.05) is 25.3 Å². The van der Waals surface area contributed by atoms with E-state index in [1.165, 1.54) is 18.4 Å². The maximum Gasteiger partial charge on any atom is 0.216 e. The van der Waals surface area contributed by atoms with Crippen molar-refractivity contribution in [3.8, 4) is 17.3 Å². The lowest BCUT2D eigenvalue weighted by atomic mass is 10.0. The summed E-state index contributed by atoms with van der Waals surface area (Å²) in [6, 6.07) is 5.31. The Kier molecular flexibility index (Phi) is 5.71. The number of Topliss-reactive ketones (excluding diaryl/α,β-unsaturated/α-hetero) is 1. The van der Waals surface area contributed by atoms with Crippen LogP contribution in [0.15, 0.2) is 23.6 Å². The van der Waals surface area contributed by atoms with E-state index in [1.807, 2.05) is 6.07 Å². The number of carbonyl (C=O) groups excluding carboxylic acids is 2. The lowest BCUT2D eigenvalue weighted by Crippen LogP contribution is -2.24. The van der Waals surface area contributed by atoms with Gasteiger partial charge in [0.15, 0.2) is 11.7 Å². The number of nitrogens with zero attached hydrogens (tertiary/aromatic N) is 2. The van der Waals surface area contributed by atoms with Gasteiger partial charge in [-0.1, -0.05) is 6.07 Å². The average molecular weight is 349 g/mol. The summed E-state index contributed by atoms with van der Waals surface area (Å²) < 4.78 is 27.6. The highest BCUT2D eigenvalue weighted by Gasteiger charge is 2.24. The van der Waals surface area contributed by atoms with Crippen molar-refractivity contribution < 1.29 is 18.4 Å². The van der Waals surface area contributed by atoms with Crippen molar-refractivity contribution in [2.75, 3.05) is 6.54 Å². The topological polar surface area (TPSA) is 82.9 Å². The molecule has 0 aliphatic carbocycles. The molecule has 0 aliphatic rings. The van der Waals surface area contributed by atoms with Crippen LogP contribution in [0.4, 0.5) is 8.78 Å². The number of hydrogen-bond acceptors (Lipinski definition) is 5. The van der Waals surface area contributed by atoms with E-state index in [4.69, 9.17) is 0 Å². The van der Waals surface area contributed by atoms with Crippen molar-refractivity contribution in [3.05, 3.63) is 40.2 Å². The molecule has 0 saturated carbocycles. The second-order valence-electron chi connectivity index (χ2n) is 4.93. The summed E-state index contributed by atoms with van der Waals surface area (Å²) in [5.74, 6) is -3.36. The molecule has 0 radical (unpaired) electrons. The Morgan fingerprint density at radius 1 is 1.38 bits per heavy atom. The van der Waals surface area contributed by atoms with Crippen molar-refractivity contribution in [1.82, 2.24) is 10.3 Å². The number of thiazole rings is 1. The third-order valence-corrected chi connectivity index (χ3v) is 4.09. The molecule has 1 amide bonds. The van der Waals surface area contributed by atoms with E-state index < -0.39 is 23.3 Å². The van der Waals surface area contributed by atoms with Gasteiger partial charge in [0.1, 0.15) is 16.6 Å². The van der Waals surface area contributed by atoms with Crippen LogP contribution in [-0.4, -0.2) is 23.2 Å². The highest BCUT2D eigenvalue weighted by molar-refractivity contribution is 7.10. The van der Waals surface area contributed by atoms with Gasteiger partial charge >= 0.3 is 0 Å². The van der Waals surface area contributed by atoms with Crippen molar-refractivity contribution >= 4 is 23.0 Å². The van der Waals surface area contributed by atoms with Gasteiger partial charge in [-0.05, 0) is 12.1 Å². The first-order valence-electron chi connectivity index (χ1n) is 7.00. The fourth-order valence-electron chi connectivity index (χ4n) is 2.05. The van der Waals surface area contributed by atoms with Crippen LogP contribution >= 0.6 is 11.3 Å². The number of amides is 1. The van der Waals surface area contributed by atoms with Gasteiger partial charge in [0.05, 0.1) is 17.3 Å². The molecule has 1 heterocycles. The summed E-state index contributed by atoms with van der Waals surface area (Å²) in [5, 5.41) is 13.2. The van der Waals surface area contributed by atoms with Gasteiger partial charge in [-0.25, -0.2) is 13.8 Å². The van der Waals surface area contributed by atoms with E-state index in [2.05, 4.69) is 10.3 Å². The van der Waals surface area contributed by atoms with E-state index >= 15 is 0 Å². The third kappa shape index (κ3) is 4.00. The van der Waals surface area contributed by atoms with Gasteiger partial charge < -0.3 is 5.32 Å². The zero-order valence-electron chi connectivity index (χ0n) is 12.7. The minimum atomic E-state index is -1.13. The number of hydrogen-bond donors (Lipinski definition) is 1. The zero-order chi connectivity index (χ0) is 17.7. The van der Waals surface area contributed by atoms with E-state index in [0.29, 0.717) is 0 Å². The van der Waals surface area contributed by atoms with Crippen LogP contribution in [0.25, 0.3) is 11.3 Å². The van der Waals surface area contributed by atoms with E-state index in [-0.39, 0.29) is 35.1 Å². The Bertz CT molecular complexity index is 794. The van der Waals surface area contributed by atoms with Crippen LogP contribution in [-0.2, 0) is 9.59 Å². The monoisotopic (exact) mass is 349 g/mol. The SMILES string of the molecule is CC(=O)NCCC(=O)C(C#N)c1nc(-c2c(F)cccc2F)cs1. The number of ketones is 1. The largest absolute Gasteiger partial charge is 0.356 e. The van der Waals surface area contributed by atoms with Gasteiger partial charge in [0.25, 0.3) is 0 Å². The van der Waals surface area contributed by atoms with Crippen molar-refractivity contribution in [3.63, 3.8) is 0 Å². The molecule has 0 bridgehead atoms. The number of nitriles is 1. The molecule has 0 fully saturated rings. The summed E-state index contributed by atoms with van der Waals surface area (Å²) in [4.78, 5) is 26.9. The predicted octanol–water partition coefficient (Wildman–Crippen LogP) is 2.79. The highest BCUT2D eigenvalue weighted by Crippen LogP contribution is 2.30. The molecule has 0 spiro atoms. The van der Waals surface area contributed by atoms with Crippen molar-refractivity contribution in [1.29, 1.82) is 5.26 Å². The second kappa shape index (κ2) is 7.75. The Hall–Kier alpha value is -2.66. The molecule has 1 unspecified atom stereocenters. The van der Waals surface area contributed by atoms with Crippen LogP contribution in [0.1, 0.15) is 24.3 Å².